The molecule has 1 aromatic carbocycles. The molecule has 3 rings (SSSR count). The monoisotopic (exact) mass is 376 g/mol. The van der Waals surface area contributed by atoms with E-state index in [2.05, 4.69) is 29.4 Å². The molecule has 0 saturated heterocycles. The summed E-state index contributed by atoms with van der Waals surface area (Å²) in [6, 6.07) is 15.7. The third-order valence-electron chi connectivity index (χ3n) is 3.50. The molecule has 3 aromatic rings. The van der Waals surface area contributed by atoms with Crippen LogP contribution in [0.5, 0.6) is 17.4 Å². The normalized spacial score (nSPS) is 10.2. The number of aromatic nitrogens is 1. The van der Waals surface area contributed by atoms with Gasteiger partial charge in [0.15, 0.2) is 0 Å². The van der Waals surface area contributed by atoms with Gasteiger partial charge in [0.25, 0.3) is 0 Å². The first-order valence-corrected chi connectivity index (χ1v) is 8.57. The second-order valence-electron chi connectivity index (χ2n) is 5.40. The molecule has 2 heterocycles. The fourth-order valence-electron chi connectivity index (χ4n) is 2.25. The lowest BCUT2D eigenvalue weighted by Crippen LogP contribution is -2.11. The molecule has 0 aliphatic heterocycles. The van der Waals surface area contributed by atoms with E-state index in [4.69, 9.17) is 9.47 Å². The highest BCUT2D eigenvalue weighted by molar-refractivity contribution is 7.11. The van der Waals surface area contributed by atoms with Crippen LogP contribution < -0.4 is 14.8 Å². The summed E-state index contributed by atoms with van der Waals surface area (Å²) in [5.74, 6) is 2.12. The van der Waals surface area contributed by atoms with Crippen molar-refractivity contribution in [3.05, 3.63) is 70.0 Å². The van der Waals surface area contributed by atoms with Crippen LogP contribution in [-0.2, 0) is 13.1 Å². The van der Waals surface area contributed by atoms with Gasteiger partial charge in [-0.2, -0.15) is 0 Å². The Hall–Kier alpha value is -2.08. The van der Waals surface area contributed by atoms with E-state index in [0.29, 0.717) is 5.88 Å². The van der Waals surface area contributed by atoms with Crippen LogP contribution in [0.25, 0.3) is 0 Å². The van der Waals surface area contributed by atoms with Gasteiger partial charge in [0, 0.05) is 35.1 Å². The van der Waals surface area contributed by atoms with Crippen molar-refractivity contribution < 1.29 is 9.47 Å². The van der Waals surface area contributed by atoms with Gasteiger partial charge < -0.3 is 14.8 Å². The zero-order valence-corrected chi connectivity index (χ0v) is 15.8. The first kappa shape index (κ1) is 19.2. The minimum Gasteiger partial charge on any atom is -0.497 e. The third-order valence-corrected chi connectivity index (χ3v) is 4.50. The Kier molecular flexibility index (Phi) is 7.25. The van der Waals surface area contributed by atoms with Crippen molar-refractivity contribution in [1.82, 2.24) is 10.3 Å². The molecule has 4 nitrogen and oxygen atoms in total. The molecule has 0 aliphatic carbocycles. The van der Waals surface area contributed by atoms with Crippen LogP contribution in [0, 0.1) is 6.92 Å². The maximum atomic E-state index is 5.72. The molecule has 0 radical (unpaired) electrons. The Bertz CT molecular complexity index is 773. The minimum absolute atomic E-state index is 0. The van der Waals surface area contributed by atoms with Gasteiger partial charge in [-0.05, 0) is 48.9 Å². The van der Waals surface area contributed by atoms with Crippen molar-refractivity contribution >= 4 is 23.7 Å². The molecule has 0 atom stereocenters. The molecule has 0 spiro atoms. The molecular weight excluding hydrogens is 356 g/mol. The third kappa shape index (κ3) is 5.74. The highest BCUT2D eigenvalue weighted by Crippen LogP contribution is 2.22. The van der Waals surface area contributed by atoms with Crippen molar-refractivity contribution in [3.63, 3.8) is 0 Å². The molecule has 0 saturated carbocycles. The largest absolute Gasteiger partial charge is 0.497 e. The molecule has 0 aliphatic rings. The number of nitrogens with zero attached hydrogens (tertiary/aromatic N) is 1. The van der Waals surface area contributed by atoms with Crippen molar-refractivity contribution in [1.29, 1.82) is 0 Å². The number of hydrogen-bond donors (Lipinski definition) is 1. The Morgan fingerprint density at radius 2 is 1.72 bits per heavy atom. The number of aryl methyl sites for hydroxylation is 1. The van der Waals surface area contributed by atoms with E-state index >= 15 is 0 Å². The molecule has 2 aromatic heterocycles. The van der Waals surface area contributed by atoms with Gasteiger partial charge >= 0.3 is 0 Å². The highest BCUT2D eigenvalue weighted by atomic mass is 35.5. The lowest BCUT2D eigenvalue weighted by molar-refractivity contribution is 0.412. The molecule has 0 bridgehead atoms. The van der Waals surface area contributed by atoms with Gasteiger partial charge in [-0.3, -0.25) is 0 Å². The zero-order valence-electron chi connectivity index (χ0n) is 14.2. The second-order valence-corrected chi connectivity index (χ2v) is 6.77. The van der Waals surface area contributed by atoms with Crippen molar-refractivity contribution in [2.24, 2.45) is 0 Å². The number of halogens is 1. The second kappa shape index (κ2) is 9.42. The molecule has 1 N–H and O–H groups in total. The fourth-order valence-corrected chi connectivity index (χ4v) is 3.11. The van der Waals surface area contributed by atoms with Crippen LogP contribution in [0.15, 0.2) is 54.7 Å². The van der Waals surface area contributed by atoms with Crippen LogP contribution >= 0.6 is 23.7 Å². The molecule has 132 valence electrons. The Morgan fingerprint density at radius 1 is 0.960 bits per heavy atom. The Balaban J connectivity index is 0.00000225. The van der Waals surface area contributed by atoms with Gasteiger partial charge in [0.2, 0.25) is 5.88 Å². The maximum absolute atomic E-state index is 5.72. The summed E-state index contributed by atoms with van der Waals surface area (Å²) in [5.41, 5.74) is 1.13. The van der Waals surface area contributed by atoms with Crippen LogP contribution in [0.2, 0.25) is 0 Å². The highest BCUT2D eigenvalue weighted by Gasteiger charge is 2.01. The average molecular weight is 377 g/mol. The van der Waals surface area contributed by atoms with Crippen molar-refractivity contribution in [3.8, 4) is 17.4 Å². The SMILES string of the molecule is COc1ccc(Oc2ccc(CNCc3ccc(C)s3)cn2)cc1.Cl. The summed E-state index contributed by atoms with van der Waals surface area (Å²) in [5, 5.41) is 3.43. The van der Waals surface area contributed by atoms with Gasteiger partial charge in [0.05, 0.1) is 7.11 Å². The first-order chi connectivity index (χ1) is 11.7. The van der Waals surface area contributed by atoms with Gasteiger partial charge in [-0.25, -0.2) is 4.98 Å². The molecule has 0 amide bonds. The van der Waals surface area contributed by atoms with E-state index in [-0.39, 0.29) is 12.4 Å². The number of pyridine rings is 1. The van der Waals surface area contributed by atoms with Crippen molar-refractivity contribution in [2.45, 2.75) is 20.0 Å². The van der Waals surface area contributed by atoms with E-state index < -0.39 is 0 Å². The van der Waals surface area contributed by atoms with Gasteiger partial charge in [0.1, 0.15) is 11.5 Å². The molecule has 25 heavy (non-hydrogen) atoms. The standard InChI is InChI=1S/C19H20N2O2S.ClH/c1-14-3-9-18(24-14)13-20-11-15-4-10-19(21-12-15)23-17-7-5-16(22-2)6-8-17;/h3-10,12,20H,11,13H2,1-2H3;1H. The number of nitrogens with one attached hydrogen (secondary N) is 1. The minimum atomic E-state index is 0. The number of methoxy groups -OCH3 is 1. The number of ether oxygens (including phenoxy) is 2. The quantitative estimate of drug-likeness (QED) is 0.632. The van der Waals surface area contributed by atoms with E-state index in [1.54, 1.807) is 7.11 Å². The summed E-state index contributed by atoms with van der Waals surface area (Å²) in [7, 11) is 1.64. The fraction of sp³-hybridized carbons (Fsp3) is 0.211. The number of benzene rings is 1. The molecule has 0 unspecified atom stereocenters. The van der Waals surface area contributed by atoms with E-state index in [9.17, 15) is 0 Å². The average Bonchev–Trinajstić information content (AvgIpc) is 3.02. The van der Waals surface area contributed by atoms with Crippen LogP contribution in [0.1, 0.15) is 15.3 Å². The first-order valence-electron chi connectivity index (χ1n) is 7.76. The summed E-state index contributed by atoms with van der Waals surface area (Å²) < 4.78 is 10.9. The van der Waals surface area contributed by atoms with Crippen LogP contribution in [0.3, 0.4) is 0 Å². The summed E-state index contributed by atoms with van der Waals surface area (Å²) in [6.45, 7) is 3.79. The molecule has 6 heteroatoms. The number of thiophene rings is 1. The summed E-state index contributed by atoms with van der Waals surface area (Å²) in [4.78, 5) is 7.04. The van der Waals surface area contributed by atoms with Crippen LogP contribution in [0.4, 0.5) is 0 Å². The van der Waals surface area contributed by atoms with Crippen molar-refractivity contribution in [2.75, 3.05) is 7.11 Å². The van der Waals surface area contributed by atoms with E-state index in [0.717, 1.165) is 30.2 Å². The van der Waals surface area contributed by atoms with Crippen LogP contribution in [-0.4, -0.2) is 12.1 Å². The topological polar surface area (TPSA) is 43.4 Å². The van der Waals surface area contributed by atoms with Gasteiger partial charge in [-0.15, -0.1) is 23.7 Å². The Morgan fingerprint density at radius 3 is 2.32 bits per heavy atom. The van der Waals surface area contributed by atoms with E-state index in [1.165, 1.54) is 9.75 Å². The predicted molar refractivity (Wildman–Crippen MR) is 104 cm³/mol. The smallest absolute Gasteiger partial charge is 0.219 e. The number of rotatable bonds is 7. The molecule has 0 fully saturated rings. The zero-order chi connectivity index (χ0) is 16.8. The Labute approximate surface area is 158 Å². The summed E-state index contributed by atoms with van der Waals surface area (Å²) in [6.07, 6.45) is 1.84. The maximum Gasteiger partial charge on any atom is 0.219 e. The lowest BCUT2D eigenvalue weighted by atomic mass is 10.3. The predicted octanol–water partition coefficient (Wildman–Crippen LogP) is 4.96. The van der Waals surface area contributed by atoms with Gasteiger partial charge in [-0.1, -0.05) is 6.07 Å². The number of hydrogen-bond acceptors (Lipinski definition) is 5. The van der Waals surface area contributed by atoms with E-state index in [1.807, 2.05) is 53.9 Å². The molecular formula is C19H21ClN2O2S. The summed E-state index contributed by atoms with van der Waals surface area (Å²) >= 11 is 1.82. The lowest BCUT2D eigenvalue weighted by Gasteiger charge is -2.07.